The van der Waals surface area contributed by atoms with Crippen LogP contribution in [0.4, 0.5) is 5.69 Å². The van der Waals surface area contributed by atoms with Gasteiger partial charge in [0.05, 0.1) is 11.9 Å². The minimum Gasteiger partial charge on any atom is -0.361 e. The fraction of sp³-hybridized carbons (Fsp3) is 0.333. The molecule has 1 unspecified atom stereocenters. The number of nitrogens with zero attached hydrogens (tertiary/aromatic N) is 2. The Morgan fingerprint density at radius 3 is 2.65 bits per heavy atom. The zero-order chi connectivity index (χ0) is 12.4. The van der Waals surface area contributed by atoms with Crippen LogP contribution in [0, 0.1) is 0 Å². The molecule has 1 aromatic rings. The Kier molecular flexibility index (Phi) is 3.38. The Morgan fingerprint density at radius 2 is 2.06 bits per heavy atom. The van der Waals surface area contributed by atoms with Gasteiger partial charge in [0.15, 0.2) is 0 Å². The first-order valence-corrected chi connectivity index (χ1v) is 6.71. The van der Waals surface area contributed by atoms with E-state index in [4.69, 9.17) is 0 Å². The lowest BCUT2D eigenvalue weighted by atomic mass is 10.1. The zero-order valence-corrected chi connectivity index (χ0v) is 10.8. The second kappa shape index (κ2) is 4.79. The quantitative estimate of drug-likeness (QED) is 0.828. The normalized spacial score (nSPS) is 16.9. The lowest BCUT2D eigenvalue weighted by Gasteiger charge is -2.19. The van der Waals surface area contributed by atoms with Crippen LogP contribution in [0.1, 0.15) is 17.7 Å². The number of thiol groups is 1. The van der Waals surface area contributed by atoms with Gasteiger partial charge in [-0.15, -0.1) is 0 Å². The van der Waals surface area contributed by atoms with Crippen molar-refractivity contribution in [3.05, 3.63) is 42.2 Å². The van der Waals surface area contributed by atoms with E-state index < -0.39 is 16.0 Å². The molecule has 1 aromatic carbocycles. The van der Waals surface area contributed by atoms with Gasteiger partial charge in [-0.05, 0) is 24.6 Å². The molecule has 0 radical (unpaired) electrons. The summed E-state index contributed by atoms with van der Waals surface area (Å²) in [5.74, 6) is 0. The molecule has 0 fully saturated rings. The Labute approximate surface area is 103 Å². The van der Waals surface area contributed by atoms with Gasteiger partial charge in [0.2, 0.25) is 0 Å². The number of hydrogen-bond acceptors (Lipinski definition) is 4. The molecule has 5 heteroatoms. The van der Waals surface area contributed by atoms with Crippen molar-refractivity contribution in [1.82, 2.24) is 4.90 Å². The first kappa shape index (κ1) is 12.0. The third kappa shape index (κ3) is 2.61. The van der Waals surface area contributed by atoms with E-state index in [9.17, 15) is 8.42 Å². The molecular weight excluding hydrogens is 236 g/mol. The van der Waals surface area contributed by atoms with Crippen LogP contribution in [0.25, 0.3) is 0 Å². The first-order valence-electron chi connectivity index (χ1n) is 5.46. The summed E-state index contributed by atoms with van der Waals surface area (Å²) in [5, 5.41) is -0.436. The smallest absolute Gasteiger partial charge is 0.146 e. The molecule has 1 heterocycles. The molecule has 17 heavy (non-hydrogen) atoms. The van der Waals surface area contributed by atoms with Crippen molar-refractivity contribution in [2.45, 2.75) is 12.2 Å². The van der Waals surface area contributed by atoms with Gasteiger partial charge < -0.3 is 9.80 Å². The van der Waals surface area contributed by atoms with Gasteiger partial charge in [0.25, 0.3) is 0 Å². The van der Waals surface area contributed by atoms with Gasteiger partial charge in [0.1, 0.15) is 10.7 Å². The molecule has 92 valence electrons. The largest absolute Gasteiger partial charge is 0.361 e. The topological polar surface area (TPSA) is 40.6 Å². The molecule has 0 spiro atoms. The Hall–Kier alpha value is -1.49. The van der Waals surface area contributed by atoms with E-state index in [1.165, 1.54) is 0 Å². The molecule has 1 aliphatic rings. The summed E-state index contributed by atoms with van der Waals surface area (Å²) in [7, 11) is -0.421. The van der Waals surface area contributed by atoms with Gasteiger partial charge >= 0.3 is 0 Å². The molecule has 4 nitrogen and oxygen atoms in total. The van der Waals surface area contributed by atoms with Crippen LogP contribution in [0.2, 0.25) is 0 Å². The van der Waals surface area contributed by atoms with E-state index >= 15 is 0 Å². The van der Waals surface area contributed by atoms with Crippen LogP contribution < -0.4 is 4.90 Å². The average Bonchev–Trinajstić information content (AvgIpc) is 2.75. The van der Waals surface area contributed by atoms with E-state index in [-0.39, 0.29) is 0 Å². The van der Waals surface area contributed by atoms with Crippen LogP contribution in [-0.4, -0.2) is 27.0 Å². The second-order valence-electron chi connectivity index (χ2n) is 4.22. The molecule has 1 atom stereocenters. The molecule has 0 saturated carbocycles. The predicted molar refractivity (Wildman–Crippen MR) is 69.4 cm³/mol. The molecule has 0 amide bonds. The highest BCUT2D eigenvalue weighted by molar-refractivity contribution is 7.72. The molecule has 0 saturated heterocycles. The van der Waals surface area contributed by atoms with Gasteiger partial charge in [0, 0.05) is 25.1 Å². The summed E-state index contributed by atoms with van der Waals surface area (Å²) >= 11 is 0. The van der Waals surface area contributed by atoms with Crippen molar-refractivity contribution in [2.75, 3.05) is 18.6 Å². The number of rotatable bonds is 3. The summed E-state index contributed by atoms with van der Waals surface area (Å²) in [6.45, 7) is 2.50. The van der Waals surface area contributed by atoms with Gasteiger partial charge in [-0.2, -0.15) is 0 Å². The third-order valence-electron chi connectivity index (χ3n) is 2.88. The Bertz CT molecular complexity index is 503. The predicted octanol–water partition coefficient (Wildman–Crippen LogP) is 1.54. The molecule has 0 aliphatic carbocycles. The number of benzene rings is 1. The molecule has 0 aromatic heterocycles. The average molecular weight is 252 g/mol. The van der Waals surface area contributed by atoms with Gasteiger partial charge in [-0.1, -0.05) is 12.1 Å². The number of anilines is 1. The highest BCUT2D eigenvalue weighted by Gasteiger charge is 2.13. The number of hydrogen-bond donors (Lipinski definition) is 1. The third-order valence-corrected chi connectivity index (χ3v) is 3.81. The van der Waals surface area contributed by atoms with E-state index in [2.05, 4.69) is 9.80 Å². The van der Waals surface area contributed by atoms with E-state index in [1.54, 1.807) is 6.92 Å². The van der Waals surface area contributed by atoms with Crippen molar-refractivity contribution in [1.29, 1.82) is 0 Å². The summed E-state index contributed by atoms with van der Waals surface area (Å²) in [6, 6.07) is 7.66. The van der Waals surface area contributed by atoms with Crippen molar-refractivity contribution in [3.63, 3.8) is 0 Å². The van der Waals surface area contributed by atoms with Gasteiger partial charge in [-0.3, -0.25) is 0 Å². The molecule has 1 aliphatic heterocycles. The van der Waals surface area contributed by atoms with Crippen LogP contribution >= 0.6 is 0 Å². The van der Waals surface area contributed by atoms with E-state index in [0.29, 0.717) is 0 Å². The fourth-order valence-electron chi connectivity index (χ4n) is 1.78. The summed E-state index contributed by atoms with van der Waals surface area (Å²) in [5.41, 5.74) is 1.85. The molecule has 0 N–H and O–H groups in total. The maximum Gasteiger partial charge on any atom is 0.146 e. The highest BCUT2D eigenvalue weighted by atomic mass is 32.2. The Morgan fingerprint density at radius 1 is 1.29 bits per heavy atom. The second-order valence-corrected chi connectivity index (χ2v) is 5.57. The fourth-order valence-corrected chi connectivity index (χ4v) is 2.19. The molecule has 0 bridgehead atoms. The summed E-state index contributed by atoms with van der Waals surface area (Å²) in [4.78, 5) is 4.14. The SMILES string of the molecule is CC(c1cccc(N2C=CN(C)C2)c1)[SH](=O)=O. The van der Waals surface area contributed by atoms with Crippen LogP contribution in [-0.2, 0) is 10.7 Å². The first-order chi connectivity index (χ1) is 8.08. The monoisotopic (exact) mass is 252 g/mol. The van der Waals surface area contributed by atoms with Crippen molar-refractivity contribution < 1.29 is 8.42 Å². The van der Waals surface area contributed by atoms with Gasteiger partial charge in [-0.25, -0.2) is 8.42 Å². The standard InChI is InChI=1S/C12H16N2O2S/c1-10(17(15)16)11-4-3-5-12(8-11)14-7-6-13(2)9-14/h3-8,10,17H,9H2,1-2H3. The minimum absolute atomic E-state index is 0.436. The van der Waals surface area contributed by atoms with Crippen molar-refractivity contribution in [3.8, 4) is 0 Å². The lowest BCUT2D eigenvalue weighted by molar-refractivity contribution is 0.495. The lowest BCUT2D eigenvalue weighted by Crippen LogP contribution is -2.21. The van der Waals surface area contributed by atoms with Crippen molar-refractivity contribution in [2.24, 2.45) is 0 Å². The highest BCUT2D eigenvalue weighted by Crippen LogP contribution is 2.24. The zero-order valence-electron chi connectivity index (χ0n) is 9.91. The summed E-state index contributed by atoms with van der Waals surface area (Å²) < 4.78 is 22.0. The van der Waals surface area contributed by atoms with Crippen LogP contribution in [0.3, 0.4) is 0 Å². The maximum atomic E-state index is 11.0. The maximum absolute atomic E-state index is 11.0. The molecular formula is C12H16N2O2S. The van der Waals surface area contributed by atoms with E-state index in [1.807, 2.05) is 43.7 Å². The Balaban J connectivity index is 2.26. The van der Waals surface area contributed by atoms with Crippen LogP contribution in [0.15, 0.2) is 36.7 Å². The van der Waals surface area contributed by atoms with Crippen LogP contribution in [0.5, 0.6) is 0 Å². The van der Waals surface area contributed by atoms with Crippen molar-refractivity contribution >= 4 is 16.4 Å². The minimum atomic E-state index is -2.42. The van der Waals surface area contributed by atoms with E-state index in [0.717, 1.165) is 17.9 Å². The summed E-state index contributed by atoms with van der Waals surface area (Å²) in [6.07, 6.45) is 3.98. The molecule has 2 rings (SSSR count).